The first-order valence-electron chi connectivity index (χ1n) is 8.93. The summed E-state index contributed by atoms with van der Waals surface area (Å²) >= 11 is 1.20. The predicted octanol–water partition coefficient (Wildman–Crippen LogP) is 5.82. The number of anilines is 1. The zero-order valence-electron chi connectivity index (χ0n) is 16.0. The first-order chi connectivity index (χ1) is 14.4. The van der Waals surface area contributed by atoms with Crippen LogP contribution in [0.3, 0.4) is 0 Å². The van der Waals surface area contributed by atoms with Gasteiger partial charge in [0.25, 0.3) is 0 Å². The van der Waals surface area contributed by atoms with Crippen LogP contribution in [0.25, 0.3) is 11.3 Å². The number of aromatic nitrogens is 2. The fraction of sp³-hybridized carbons (Fsp3) is 0.150. The van der Waals surface area contributed by atoms with E-state index in [4.69, 9.17) is 0 Å². The normalized spacial score (nSPS) is 14.9. The van der Waals surface area contributed by atoms with Gasteiger partial charge in [0, 0.05) is 22.9 Å². The van der Waals surface area contributed by atoms with Gasteiger partial charge in [0.1, 0.15) is 17.1 Å². The highest BCUT2D eigenvalue weighted by molar-refractivity contribution is 7.99. The predicted molar refractivity (Wildman–Crippen MR) is 113 cm³/mol. The van der Waals surface area contributed by atoms with Crippen molar-refractivity contribution in [3.8, 4) is 11.3 Å². The molecule has 1 atom stereocenters. The van der Waals surface area contributed by atoms with E-state index in [1.807, 2.05) is 19.9 Å². The van der Waals surface area contributed by atoms with Crippen LogP contribution in [0, 0.1) is 0 Å². The molecule has 0 saturated heterocycles. The van der Waals surface area contributed by atoms with E-state index in [0.717, 1.165) is 12.1 Å². The summed E-state index contributed by atoms with van der Waals surface area (Å²) in [6.45, 7) is 4.00. The molecule has 0 amide bonds. The molecule has 0 spiro atoms. The largest absolute Gasteiger partial charge is 0.416 e. The Labute approximate surface area is 178 Å². The third kappa shape index (κ3) is 4.88. The van der Waals surface area contributed by atoms with Gasteiger partial charge in [0.2, 0.25) is 0 Å². The van der Waals surface area contributed by atoms with Crippen molar-refractivity contribution >= 4 is 34.8 Å². The van der Waals surface area contributed by atoms with Gasteiger partial charge in [0.15, 0.2) is 11.0 Å². The van der Waals surface area contributed by atoms with Crippen molar-refractivity contribution in [3.05, 3.63) is 60.4 Å². The van der Waals surface area contributed by atoms with Crippen LogP contribution in [0.1, 0.15) is 19.4 Å². The van der Waals surface area contributed by atoms with Gasteiger partial charge in [-0.25, -0.2) is 9.19 Å². The topological polar surface area (TPSA) is 67.2 Å². The monoisotopic (exact) mass is 450 g/mol. The number of halogens is 3. The Morgan fingerprint density at radius 2 is 1.70 bits per heavy atom. The smallest absolute Gasteiger partial charge is 0.345 e. The standard InChI is InChI=1S/C18H11F3N4OS2.C2H6/c19-18(20,21)12-2-4-13(5-3-12)27-17-16(22-7-8-23-17)11-1-6-14-15(9-11)28(26)25-10-24-14;1-2/h1-10H,(H,24,25);1-2H3. The summed E-state index contributed by atoms with van der Waals surface area (Å²) in [7, 11) is -1.51. The van der Waals surface area contributed by atoms with Crippen molar-refractivity contribution in [2.24, 2.45) is 4.40 Å². The van der Waals surface area contributed by atoms with Crippen molar-refractivity contribution in [2.45, 2.75) is 34.8 Å². The number of hydrogen-bond acceptors (Lipinski definition) is 5. The molecule has 1 aliphatic rings. The van der Waals surface area contributed by atoms with Gasteiger partial charge in [-0.3, -0.25) is 4.98 Å². The van der Waals surface area contributed by atoms with Crippen LogP contribution in [0.2, 0.25) is 0 Å². The summed E-state index contributed by atoms with van der Waals surface area (Å²) in [5.41, 5.74) is 1.22. The van der Waals surface area contributed by atoms with Crippen molar-refractivity contribution in [2.75, 3.05) is 5.32 Å². The molecule has 1 aromatic heterocycles. The van der Waals surface area contributed by atoms with Crippen LogP contribution in [-0.2, 0) is 17.2 Å². The molecule has 0 fully saturated rings. The van der Waals surface area contributed by atoms with Crippen molar-refractivity contribution in [1.29, 1.82) is 0 Å². The molecule has 10 heteroatoms. The van der Waals surface area contributed by atoms with Crippen LogP contribution in [0.4, 0.5) is 18.9 Å². The minimum Gasteiger partial charge on any atom is -0.345 e. The Hall–Kier alpha value is -2.72. The first-order valence-corrected chi connectivity index (χ1v) is 10.9. The molecule has 3 aromatic rings. The highest BCUT2D eigenvalue weighted by atomic mass is 32.2. The lowest BCUT2D eigenvalue weighted by Gasteiger charge is -2.13. The summed E-state index contributed by atoms with van der Waals surface area (Å²) in [6.07, 6.45) is 0.0415. The molecule has 2 heterocycles. The quantitative estimate of drug-likeness (QED) is 0.545. The number of nitrogens with zero attached hydrogens (tertiary/aromatic N) is 3. The van der Waals surface area contributed by atoms with E-state index in [2.05, 4.69) is 19.7 Å². The van der Waals surface area contributed by atoms with Gasteiger partial charge in [-0.2, -0.15) is 17.6 Å². The van der Waals surface area contributed by atoms with E-state index in [9.17, 15) is 17.4 Å². The molecule has 5 nitrogen and oxygen atoms in total. The molecule has 1 unspecified atom stereocenters. The molecule has 0 aliphatic carbocycles. The van der Waals surface area contributed by atoms with E-state index in [1.165, 1.54) is 42.6 Å². The summed E-state index contributed by atoms with van der Waals surface area (Å²) in [6, 6.07) is 10.2. The Bertz CT molecular complexity index is 1090. The summed E-state index contributed by atoms with van der Waals surface area (Å²) in [4.78, 5) is 9.79. The minimum atomic E-state index is -4.38. The number of rotatable bonds is 3. The number of fused-ring (bicyclic) bond motifs is 1. The molecule has 1 N–H and O–H groups in total. The van der Waals surface area contributed by atoms with E-state index in [-0.39, 0.29) is 0 Å². The maximum Gasteiger partial charge on any atom is 0.416 e. The zero-order valence-corrected chi connectivity index (χ0v) is 17.6. The van der Waals surface area contributed by atoms with Gasteiger partial charge in [-0.05, 0) is 36.4 Å². The van der Waals surface area contributed by atoms with E-state index >= 15 is 0 Å². The van der Waals surface area contributed by atoms with Gasteiger partial charge >= 0.3 is 6.18 Å². The van der Waals surface area contributed by atoms with E-state index in [1.54, 1.807) is 12.1 Å². The third-order valence-corrected chi connectivity index (χ3v) is 5.88. The second-order valence-electron chi connectivity index (χ2n) is 5.67. The molecule has 0 radical (unpaired) electrons. The van der Waals surface area contributed by atoms with Crippen LogP contribution in [0.15, 0.2) is 74.1 Å². The van der Waals surface area contributed by atoms with Gasteiger partial charge in [0.05, 0.1) is 16.1 Å². The second kappa shape index (κ2) is 9.40. The van der Waals surface area contributed by atoms with Gasteiger partial charge in [-0.15, -0.1) is 0 Å². The maximum atomic E-state index is 12.7. The number of benzene rings is 2. The molecule has 30 heavy (non-hydrogen) atoms. The van der Waals surface area contributed by atoms with Crippen molar-refractivity contribution < 1.29 is 17.4 Å². The number of hydrogen-bond donors (Lipinski definition) is 1. The van der Waals surface area contributed by atoms with Gasteiger partial charge < -0.3 is 5.32 Å². The van der Waals surface area contributed by atoms with Crippen molar-refractivity contribution in [1.82, 2.24) is 9.97 Å². The maximum absolute atomic E-state index is 12.7. The molecule has 1 aliphatic heterocycles. The number of nitrogens with one attached hydrogen (secondary N) is 1. The van der Waals surface area contributed by atoms with E-state index in [0.29, 0.717) is 31.8 Å². The zero-order chi connectivity index (χ0) is 21.7. The summed E-state index contributed by atoms with van der Waals surface area (Å²) < 4.78 is 54.1. The molecule has 2 aromatic carbocycles. The third-order valence-electron chi connectivity index (χ3n) is 3.87. The average Bonchev–Trinajstić information content (AvgIpc) is 2.75. The highest BCUT2D eigenvalue weighted by Gasteiger charge is 2.30. The highest BCUT2D eigenvalue weighted by Crippen LogP contribution is 2.37. The minimum absolute atomic E-state index is 0.524. The Kier molecular flexibility index (Phi) is 6.88. The lowest BCUT2D eigenvalue weighted by molar-refractivity contribution is -0.137. The van der Waals surface area contributed by atoms with Crippen LogP contribution < -0.4 is 5.32 Å². The molecule has 0 bridgehead atoms. The Balaban J connectivity index is 0.00000124. The average molecular weight is 451 g/mol. The van der Waals surface area contributed by atoms with Crippen molar-refractivity contribution in [3.63, 3.8) is 0 Å². The summed E-state index contributed by atoms with van der Waals surface area (Å²) in [5, 5.41) is 3.45. The number of alkyl halides is 3. The lowest BCUT2D eigenvalue weighted by Crippen LogP contribution is -2.07. The molecule has 0 saturated carbocycles. The molecule has 156 valence electrons. The fourth-order valence-electron chi connectivity index (χ4n) is 2.56. The van der Waals surface area contributed by atoms with Crippen LogP contribution in [-0.4, -0.2) is 20.5 Å². The van der Waals surface area contributed by atoms with Gasteiger partial charge in [-0.1, -0.05) is 31.7 Å². The Morgan fingerprint density at radius 1 is 1.00 bits per heavy atom. The fourth-order valence-corrected chi connectivity index (χ4v) is 4.24. The van der Waals surface area contributed by atoms with Crippen LogP contribution in [0.5, 0.6) is 0 Å². The molecular formula is C20H17F3N4OS2. The SMILES string of the molecule is CC.O=S1N=CNc2ccc(-c3nccnc3Sc3ccc(C(F)(F)F)cc3)cc21. The summed E-state index contributed by atoms with van der Waals surface area (Å²) in [5.74, 6) is 0. The molecule has 4 rings (SSSR count). The van der Waals surface area contributed by atoms with E-state index < -0.39 is 22.7 Å². The first kappa shape index (κ1) is 22.0. The Morgan fingerprint density at radius 3 is 2.40 bits per heavy atom. The second-order valence-corrected chi connectivity index (χ2v) is 7.88. The molecular weight excluding hydrogens is 433 g/mol. The lowest BCUT2D eigenvalue weighted by atomic mass is 10.1. The van der Waals surface area contributed by atoms with Crippen LogP contribution >= 0.6 is 11.8 Å².